The Balaban J connectivity index is 3.16. The van der Waals surface area contributed by atoms with Crippen LogP contribution in [0, 0.1) is 5.82 Å². The second kappa shape index (κ2) is 5.12. The molecule has 0 unspecified atom stereocenters. The van der Waals surface area contributed by atoms with Crippen molar-refractivity contribution in [1.82, 2.24) is 0 Å². The number of halogens is 1. The molecule has 0 saturated carbocycles. The van der Waals surface area contributed by atoms with Crippen LogP contribution in [-0.2, 0) is 11.3 Å². The molecule has 0 N–H and O–H groups in total. The van der Waals surface area contributed by atoms with Crippen molar-refractivity contribution >= 4 is 6.08 Å². The van der Waals surface area contributed by atoms with E-state index in [1.165, 1.54) is 26.4 Å². The first-order valence-corrected chi connectivity index (χ1v) is 4.17. The van der Waals surface area contributed by atoms with E-state index in [1.54, 1.807) is 6.07 Å². The van der Waals surface area contributed by atoms with Crippen molar-refractivity contribution < 1.29 is 18.7 Å². The van der Waals surface area contributed by atoms with Gasteiger partial charge in [-0.05, 0) is 6.07 Å². The first-order chi connectivity index (χ1) is 7.24. The van der Waals surface area contributed by atoms with Gasteiger partial charge >= 0.3 is 0 Å². The molecule has 0 radical (unpaired) electrons. The van der Waals surface area contributed by atoms with Gasteiger partial charge in [-0.25, -0.2) is 14.2 Å². The lowest BCUT2D eigenvalue weighted by atomic mass is 10.2. The first-order valence-electron chi connectivity index (χ1n) is 4.17. The van der Waals surface area contributed by atoms with E-state index in [0.29, 0.717) is 5.75 Å². The van der Waals surface area contributed by atoms with E-state index < -0.39 is 5.82 Å². The van der Waals surface area contributed by atoms with Gasteiger partial charge in [-0.2, -0.15) is 0 Å². The van der Waals surface area contributed by atoms with Crippen molar-refractivity contribution in [2.24, 2.45) is 4.99 Å². The second-order valence-electron chi connectivity index (χ2n) is 2.68. The summed E-state index contributed by atoms with van der Waals surface area (Å²) >= 11 is 0. The van der Waals surface area contributed by atoms with Gasteiger partial charge in [0.15, 0.2) is 17.3 Å². The molecule has 0 aliphatic heterocycles. The highest BCUT2D eigenvalue weighted by molar-refractivity contribution is 5.45. The molecule has 0 aliphatic rings. The third-order valence-corrected chi connectivity index (χ3v) is 1.88. The monoisotopic (exact) mass is 211 g/mol. The maximum atomic E-state index is 13.6. The second-order valence-corrected chi connectivity index (χ2v) is 2.68. The number of methoxy groups -OCH3 is 2. The minimum atomic E-state index is -0.573. The van der Waals surface area contributed by atoms with Crippen LogP contribution >= 0.6 is 0 Å². The molecule has 0 aliphatic carbocycles. The molecule has 0 saturated heterocycles. The fraction of sp³-hybridized carbons (Fsp3) is 0.300. The number of benzene rings is 1. The summed E-state index contributed by atoms with van der Waals surface area (Å²) < 4.78 is 23.4. The zero-order valence-corrected chi connectivity index (χ0v) is 8.41. The summed E-state index contributed by atoms with van der Waals surface area (Å²) in [6, 6.07) is 3.04. The molecule has 0 fully saturated rings. The molecule has 1 rings (SSSR count). The van der Waals surface area contributed by atoms with E-state index in [4.69, 9.17) is 9.47 Å². The number of rotatable bonds is 4. The van der Waals surface area contributed by atoms with Crippen LogP contribution in [0.25, 0.3) is 0 Å². The minimum absolute atomic E-state index is 0.0103. The van der Waals surface area contributed by atoms with E-state index in [0.717, 1.165) is 0 Å². The Labute approximate surface area is 86.3 Å². The predicted octanol–water partition coefficient (Wildman–Crippen LogP) is 1.68. The molecule has 4 nitrogen and oxygen atoms in total. The van der Waals surface area contributed by atoms with Crippen LogP contribution in [0.4, 0.5) is 4.39 Å². The van der Waals surface area contributed by atoms with Gasteiger partial charge in [0.05, 0.1) is 20.8 Å². The zero-order chi connectivity index (χ0) is 11.3. The van der Waals surface area contributed by atoms with Crippen LogP contribution in [0.5, 0.6) is 11.5 Å². The van der Waals surface area contributed by atoms with Crippen LogP contribution < -0.4 is 9.47 Å². The maximum Gasteiger partial charge on any atom is 0.235 e. The summed E-state index contributed by atoms with van der Waals surface area (Å²) in [5.41, 5.74) is 0.260. The minimum Gasteiger partial charge on any atom is -0.493 e. The third kappa shape index (κ3) is 2.33. The highest BCUT2D eigenvalue weighted by atomic mass is 19.1. The molecule has 0 bridgehead atoms. The van der Waals surface area contributed by atoms with Crippen LogP contribution in [0.2, 0.25) is 0 Å². The Morgan fingerprint density at radius 2 is 2.13 bits per heavy atom. The Morgan fingerprint density at radius 1 is 1.40 bits per heavy atom. The van der Waals surface area contributed by atoms with Crippen molar-refractivity contribution in [2.75, 3.05) is 14.2 Å². The quantitative estimate of drug-likeness (QED) is 0.562. The van der Waals surface area contributed by atoms with E-state index in [9.17, 15) is 9.18 Å². The van der Waals surface area contributed by atoms with E-state index in [2.05, 4.69) is 4.99 Å². The SMILES string of the molecule is COc1ccc(CN=C=O)c(F)c1OC. The molecule has 0 spiro atoms. The number of ether oxygens (including phenoxy) is 2. The zero-order valence-electron chi connectivity index (χ0n) is 8.41. The Kier molecular flexibility index (Phi) is 3.83. The summed E-state index contributed by atoms with van der Waals surface area (Å²) in [5.74, 6) is -0.263. The van der Waals surface area contributed by atoms with Gasteiger partial charge in [0.25, 0.3) is 0 Å². The number of carbonyl (C=O) groups excluding carboxylic acids is 1. The van der Waals surface area contributed by atoms with Crippen molar-refractivity contribution in [3.8, 4) is 11.5 Å². The molecule has 0 atom stereocenters. The lowest BCUT2D eigenvalue weighted by Gasteiger charge is -2.10. The lowest BCUT2D eigenvalue weighted by molar-refractivity contribution is 0.336. The average Bonchev–Trinajstić information content (AvgIpc) is 2.27. The predicted molar refractivity (Wildman–Crippen MR) is 51.3 cm³/mol. The van der Waals surface area contributed by atoms with Gasteiger partial charge in [-0.3, -0.25) is 0 Å². The number of hydrogen-bond donors (Lipinski definition) is 0. The van der Waals surface area contributed by atoms with Gasteiger partial charge < -0.3 is 9.47 Å². The van der Waals surface area contributed by atoms with Crippen LogP contribution in [0.15, 0.2) is 17.1 Å². The highest BCUT2D eigenvalue weighted by Gasteiger charge is 2.13. The molecule has 15 heavy (non-hydrogen) atoms. The van der Waals surface area contributed by atoms with Gasteiger partial charge in [0.1, 0.15) is 0 Å². The number of aliphatic imine (C=N–C) groups is 1. The lowest BCUT2D eigenvalue weighted by Crippen LogP contribution is -1.97. The Bertz CT molecular complexity index is 400. The van der Waals surface area contributed by atoms with E-state index in [-0.39, 0.29) is 17.9 Å². The average molecular weight is 211 g/mol. The Morgan fingerprint density at radius 3 is 2.67 bits per heavy atom. The van der Waals surface area contributed by atoms with Crippen molar-refractivity contribution in [1.29, 1.82) is 0 Å². The summed E-state index contributed by atoms with van der Waals surface area (Å²) in [6.45, 7) is -0.0598. The molecule has 0 amide bonds. The maximum absolute atomic E-state index is 13.6. The van der Waals surface area contributed by atoms with Gasteiger partial charge in [-0.15, -0.1) is 0 Å². The fourth-order valence-electron chi connectivity index (χ4n) is 1.17. The summed E-state index contributed by atoms with van der Waals surface area (Å²) in [7, 11) is 2.76. The third-order valence-electron chi connectivity index (χ3n) is 1.88. The summed E-state index contributed by atoms with van der Waals surface area (Å²) in [5, 5.41) is 0. The molecular formula is C10H10FNO3. The fourth-order valence-corrected chi connectivity index (χ4v) is 1.17. The number of nitrogens with zero attached hydrogens (tertiary/aromatic N) is 1. The van der Waals surface area contributed by atoms with Crippen LogP contribution in [-0.4, -0.2) is 20.3 Å². The molecule has 5 heteroatoms. The summed E-state index contributed by atoms with van der Waals surface area (Å²) in [6.07, 6.45) is 1.35. The number of isocyanates is 1. The van der Waals surface area contributed by atoms with E-state index in [1.807, 2.05) is 0 Å². The Hall–Kier alpha value is -1.87. The van der Waals surface area contributed by atoms with Gasteiger partial charge in [0.2, 0.25) is 6.08 Å². The van der Waals surface area contributed by atoms with E-state index >= 15 is 0 Å². The van der Waals surface area contributed by atoms with Gasteiger partial charge in [0, 0.05) is 5.56 Å². The van der Waals surface area contributed by atoms with Crippen LogP contribution in [0.3, 0.4) is 0 Å². The molecule has 1 aromatic rings. The number of hydrogen-bond acceptors (Lipinski definition) is 4. The topological polar surface area (TPSA) is 47.9 Å². The van der Waals surface area contributed by atoms with Crippen molar-refractivity contribution in [3.63, 3.8) is 0 Å². The molecule has 80 valence electrons. The van der Waals surface area contributed by atoms with Crippen LogP contribution in [0.1, 0.15) is 5.56 Å². The normalized spacial score (nSPS) is 9.27. The molecular weight excluding hydrogens is 201 g/mol. The van der Waals surface area contributed by atoms with Crippen molar-refractivity contribution in [2.45, 2.75) is 6.54 Å². The molecule has 1 aromatic carbocycles. The first kappa shape index (κ1) is 11.2. The van der Waals surface area contributed by atoms with Gasteiger partial charge in [-0.1, -0.05) is 6.07 Å². The highest BCUT2D eigenvalue weighted by Crippen LogP contribution is 2.32. The smallest absolute Gasteiger partial charge is 0.235 e. The summed E-state index contributed by atoms with van der Waals surface area (Å²) in [4.78, 5) is 13.2. The standard InChI is InChI=1S/C10H10FNO3/c1-14-8-4-3-7(5-12-6-13)9(11)10(8)15-2/h3-4H,5H2,1-2H3. The molecule has 0 aromatic heterocycles. The molecule has 0 heterocycles. The van der Waals surface area contributed by atoms with Crippen molar-refractivity contribution in [3.05, 3.63) is 23.5 Å². The largest absolute Gasteiger partial charge is 0.493 e.